The quantitative estimate of drug-likeness (QED) is 0.590. The molecule has 0 saturated heterocycles. The fourth-order valence-corrected chi connectivity index (χ4v) is 1.54. The second-order valence-corrected chi connectivity index (χ2v) is 3.88. The highest BCUT2D eigenvalue weighted by Crippen LogP contribution is 2.61. The lowest BCUT2D eigenvalue weighted by atomic mass is 9.94. The van der Waals surface area contributed by atoms with E-state index in [4.69, 9.17) is 0 Å². The molecule has 1 fully saturated rings. The first-order valence-corrected chi connectivity index (χ1v) is 3.94. The second-order valence-electron chi connectivity index (χ2n) is 3.88. The largest absolute Gasteiger partial charge is 0.394 e. The van der Waals surface area contributed by atoms with Crippen molar-refractivity contribution < 1.29 is 13.2 Å². The molecular weight excluding hydrogens is 153 g/mol. The first kappa shape index (κ1) is 8.88. The van der Waals surface area contributed by atoms with Crippen molar-refractivity contribution in [3.05, 3.63) is 0 Å². The summed E-state index contributed by atoms with van der Waals surface area (Å²) in [6, 6.07) is 0. The van der Waals surface area contributed by atoms with E-state index in [0.717, 1.165) is 0 Å². The monoisotopic (exact) mass is 166 g/mol. The highest BCUT2D eigenvalue weighted by Gasteiger charge is 2.62. The first-order valence-electron chi connectivity index (χ1n) is 3.94. The van der Waals surface area contributed by atoms with E-state index < -0.39 is 11.6 Å². The molecule has 0 amide bonds. The minimum atomic E-state index is -3.96. The molecule has 0 aromatic heterocycles. The van der Waals surface area contributed by atoms with Crippen molar-refractivity contribution in [3.8, 4) is 0 Å². The summed E-state index contributed by atoms with van der Waals surface area (Å²) in [5.41, 5.74) is -1.29. The number of rotatable bonds is 2. The summed E-state index contributed by atoms with van der Waals surface area (Å²) in [6.45, 7) is 3.68. The lowest BCUT2D eigenvalue weighted by Gasteiger charge is -2.20. The normalized spacial score (nSPS) is 22.4. The smallest absolute Gasteiger partial charge is 0.171 e. The first-order chi connectivity index (χ1) is 4.87. The number of hydrogen-bond donors (Lipinski definition) is 0. The van der Waals surface area contributed by atoms with Gasteiger partial charge in [0.1, 0.15) is 0 Å². The zero-order valence-corrected chi connectivity index (χ0v) is 6.83. The maximum absolute atomic E-state index is 12.3. The van der Waals surface area contributed by atoms with Gasteiger partial charge in [-0.1, -0.05) is 13.8 Å². The van der Waals surface area contributed by atoms with E-state index >= 15 is 0 Å². The van der Waals surface area contributed by atoms with Crippen LogP contribution < -0.4 is 0 Å². The van der Waals surface area contributed by atoms with Crippen LogP contribution in [0.1, 0.15) is 33.1 Å². The van der Waals surface area contributed by atoms with E-state index in [0.29, 0.717) is 19.3 Å². The Balaban J connectivity index is 2.54. The minimum Gasteiger partial charge on any atom is -0.171 e. The Labute approximate surface area is 64.8 Å². The Bertz CT molecular complexity index is 142. The molecule has 0 heterocycles. The van der Waals surface area contributed by atoms with Gasteiger partial charge in [-0.15, -0.1) is 0 Å². The van der Waals surface area contributed by atoms with Crippen molar-refractivity contribution in [3.63, 3.8) is 0 Å². The summed E-state index contributed by atoms with van der Waals surface area (Å²) < 4.78 is 36.8. The molecule has 0 unspecified atom stereocenters. The lowest BCUT2D eigenvalue weighted by Crippen LogP contribution is -2.25. The highest BCUT2D eigenvalue weighted by molar-refractivity contribution is 4.99. The average molecular weight is 166 g/mol. The van der Waals surface area contributed by atoms with Gasteiger partial charge in [-0.3, -0.25) is 0 Å². The summed E-state index contributed by atoms with van der Waals surface area (Å²) in [5.74, 6) is 0.152. The minimum absolute atomic E-state index is 0.152. The van der Waals surface area contributed by atoms with Gasteiger partial charge in [0.15, 0.2) is 0 Å². The molecule has 3 heteroatoms. The Morgan fingerprint density at radius 1 is 1.27 bits per heavy atom. The summed E-state index contributed by atoms with van der Waals surface area (Å²) in [6.07, 6.45) is -2.98. The topological polar surface area (TPSA) is 0 Å². The Hall–Kier alpha value is -0.210. The number of hydrogen-bond acceptors (Lipinski definition) is 0. The number of halogens is 3. The van der Waals surface area contributed by atoms with Crippen molar-refractivity contribution in [2.75, 3.05) is 0 Å². The van der Waals surface area contributed by atoms with E-state index in [1.807, 2.05) is 13.8 Å². The maximum Gasteiger partial charge on any atom is 0.394 e. The predicted molar refractivity (Wildman–Crippen MR) is 37.2 cm³/mol. The molecule has 0 aliphatic heterocycles. The van der Waals surface area contributed by atoms with Crippen molar-refractivity contribution in [2.45, 2.75) is 39.3 Å². The van der Waals surface area contributed by atoms with Crippen LogP contribution in [-0.2, 0) is 0 Å². The molecule has 0 radical (unpaired) electrons. The Kier molecular flexibility index (Phi) is 1.93. The van der Waals surface area contributed by atoms with Gasteiger partial charge in [-0.25, -0.2) is 0 Å². The van der Waals surface area contributed by atoms with Gasteiger partial charge in [0.2, 0.25) is 0 Å². The highest BCUT2D eigenvalue weighted by atomic mass is 19.4. The van der Waals surface area contributed by atoms with Crippen molar-refractivity contribution in [1.82, 2.24) is 0 Å². The van der Waals surface area contributed by atoms with Crippen LogP contribution >= 0.6 is 0 Å². The summed E-state index contributed by atoms with van der Waals surface area (Å²) in [7, 11) is 0. The second kappa shape index (κ2) is 2.39. The molecule has 0 aromatic carbocycles. The summed E-state index contributed by atoms with van der Waals surface area (Å²) in [4.78, 5) is 0. The summed E-state index contributed by atoms with van der Waals surface area (Å²) in [5, 5.41) is 0. The van der Waals surface area contributed by atoms with Gasteiger partial charge in [-0.05, 0) is 25.2 Å². The molecule has 0 bridgehead atoms. The van der Waals surface area contributed by atoms with E-state index in [9.17, 15) is 13.2 Å². The third-order valence-electron chi connectivity index (χ3n) is 2.25. The molecular formula is C8H13F3. The van der Waals surface area contributed by atoms with E-state index in [1.54, 1.807) is 0 Å². The Morgan fingerprint density at radius 3 is 1.82 bits per heavy atom. The van der Waals surface area contributed by atoms with Crippen LogP contribution in [0.3, 0.4) is 0 Å². The SMILES string of the molecule is CC(C)CC1(C(F)(F)F)CC1. The van der Waals surface area contributed by atoms with Gasteiger partial charge in [0, 0.05) is 0 Å². The third kappa shape index (κ3) is 1.68. The van der Waals surface area contributed by atoms with Crippen LogP contribution in [0.2, 0.25) is 0 Å². The lowest BCUT2D eigenvalue weighted by molar-refractivity contribution is -0.191. The maximum atomic E-state index is 12.3. The van der Waals surface area contributed by atoms with Crippen LogP contribution in [0.4, 0.5) is 13.2 Å². The van der Waals surface area contributed by atoms with Crippen LogP contribution in [0.25, 0.3) is 0 Å². The van der Waals surface area contributed by atoms with E-state index in [2.05, 4.69) is 0 Å². The van der Waals surface area contributed by atoms with Gasteiger partial charge in [0.05, 0.1) is 5.41 Å². The zero-order chi connectivity index (χ0) is 8.70. The van der Waals surface area contributed by atoms with Crippen molar-refractivity contribution in [1.29, 1.82) is 0 Å². The molecule has 0 nitrogen and oxygen atoms in total. The average Bonchev–Trinajstić information content (AvgIpc) is 2.42. The predicted octanol–water partition coefficient (Wildman–Crippen LogP) is 3.38. The fraction of sp³-hybridized carbons (Fsp3) is 1.00. The number of alkyl halides is 3. The molecule has 1 aliphatic carbocycles. The molecule has 1 aliphatic rings. The van der Waals surface area contributed by atoms with Gasteiger partial charge in [-0.2, -0.15) is 13.2 Å². The van der Waals surface area contributed by atoms with Crippen LogP contribution in [0, 0.1) is 11.3 Å². The van der Waals surface area contributed by atoms with Crippen molar-refractivity contribution >= 4 is 0 Å². The zero-order valence-electron chi connectivity index (χ0n) is 6.83. The van der Waals surface area contributed by atoms with Gasteiger partial charge >= 0.3 is 6.18 Å². The van der Waals surface area contributed by atoms with Gasteiger partial charge in [0.25, 0.3) is 0 Å². The molecule has 0 atom stereocenters. The Morgan fingerprint density at radius 2 is 1.73 bits per heavy atom. The van der Waals surface area contributed by atoms with Crippen molar-refractivity contribution in [2.24, 2.45) is 11.3 Å². The standard InChI is InChI=1S/C8H13F3/c1-6(2)5-7(3-4-7)8(9,10)11/h6H,3-5H2,1-2H3. The van der Waals surface area contributed by atoms with Crippen LogP contribution in [0.5, 0.6) is 0 Å². The molecule has 66 valence electrons. The molecule has 0 aromatic rings. The molecule has 0 N–H and O–H groups in total. The molecule has 11 heavy (non-hydrogen) atoms. The molecule has 0 spiro atoms. The van der Waals surface area contributed by atoms with E-state index in [1.165, 1.54) is 0 Å². The molecule has 1 saturated carbocycles. The third-order valence-corrected chi connectivity index (χ3v) is 2.25. The van der Waals surface area contributed by atoms with Crippen LogP contribution in [0.15, 0.2) is 0 Å². The molecule has 1 rings (SSSR count). The fourth-order valence-electron chi connectivity index (χ4n) is 1.54. The van der Waals surface area contributed by atoms with Gasteiger partial charge < -0.3 is 0 Å². The van der Waals surface area contributed by atoms with Crippen LogP contribution in [-0.4, -0.2) is 6.18 Å². The van der Waals surface area contributed by atoms with E-state index in [-0.39, 0.29) is 5.92 Å². The summed E-state index contributed by atoms with van der Waals surface area (Å²) >= 11 is 0.